The number of nitrogens with one attached hydrogen (secondary N) is 3. The van der Waals surface area contributed by atoms with Crippen molar-refractivity contribution < 1.29 is 38.2 Å². The van der Waals surface area contributed by atoms with Crippen molar-refractivity contribution in [2.75, 3.05) is 0 Å². The van der Waals surface area contributed by atoms with Crippen LogP contribution in [0.2, 0.25) is 0 Å². The Morgan fingerprint density at radius 1 is 0.704 bits per heavy atom. The minimum Gasteiger partial charge on any atom is -0.459 e. The molecule has 12 nitrogen and oxygen atoms in total. The summed E-state index contributed by atoms with van der Waals surface area (Å²) >= 11 is 0. The van der Waals surface area contributed by atoms with Gasteiger partial charge < -0.3 is 30.2 Å². The number of hydrogen-bond acceptors (Lipinski definition) is 8. The molecule has 0 saturated heterocycles. The summed E-state index contributed by atoms with van der Waals surface area (Å²) in [6, 6.07) is 22.3. The Bertz CT molecular complexity index is 1870. The molecule has 1 aromatic heterocycles. The molecule has 3 atom stereocenters. The monoisotopic (exact) mass is 738 g/mol. The van der Waals surface area contributed by atoms with Crippen molar-refractivity contribution in [1.82, 2.24) is 20.5 Å². The number of benzene rings is 3. The maximum Gasteiger partial charge on any atom is 0.418 e. The van der Waals surface area contributed by atoms with Crippen molar-refractivity contribution in [2.45, 2.75) is 103 Å². The summed E-state index contributed by atoms with van der Waals surface area (Å²) in [5, 5.41) is 8.81. The van der Waals surface area contributed by atoms with E-state index < -0.39 is 48.1 Å². The van der Waals surface area contributed by atoms with Gasteiger partial charge in [0.2, 0.25) is 11.8 Å². The molecule has 0 aliphatic heterocycles. The number of hydrogen-bond donors (Lipinski definition) is 3. The van der Waals surface area contributed by atoms with Gasteiger partial charge >= 0.3 is 18.2 Å². The summed E-state index contributed by atoms with van der Waals surface area (Å²) in [6.07, 6.45) is 5.13. The lowest BCUT2D eigenvalue weighted by Crippen LogP contribution is -2.56. The smallest absolute Gasteiger partial charge is 0.418 e. The molecular formula is C42H50N4O8. The highest BCUT2D eigenvalue weighted by atomic mass is 16.6. The lowest BCUT2D eigenvalue weighted by Gasteiger charge is -2.25. The number of para-hydroxylation sites is 1. The quantitative estimate of drug-likeness (QED) is 0.0914. The molecule has 12 heteroatoms. The highest BCUT2D eigenvalue weighted by Crippen LogP contribution is 2.26. The standard InChI is InChI=1S/C42H50N4O8/c1-28(2)23-36(40(49)52-26-30-15-7-4-8-16-30)45-39(48)35(44-38(47)29(3)43-41(50)53-27-31-17-9-5-10-18-31)24-32-25-46(37-22-14-13-21-34(32)37)42(51)54-33-19-11-6-12-20-33/h4-5,7-10,13-18,21-22,25,28-29,33,35-36H,6,11-12,19-20,23-24,26-27H2,1-3H3,(H,43,50)(H,44,47)(H,45,48)/t29-,35-,36-/m0/s1. The zero-order chi connectivity index (χ0) is 38.5. The van der Waals surface area contributed by atoms with Crippen LogP contribution in [-0.2, 0) is 48.2 Å². The summed E-state index contributed by atoms with van der Waals surface area (Å²) in [5.41, 5.74) is 2.77. The number of ether oxygens (including phenoxy) is 3. The van der Waals surface area contributed by atoms with Crippen LogP contribution in [0.25, 0.3) is 10.9 Å². The first kappa shape index (κ1) is 39.6. The van der Waals surface area contributed by atoms with Gasteiger partial charge in [0.25, 0.3) is 0 Å². The lowest BCUT2D eigenvalue weighted by atomic mass is 9.98. The SMILES string of the molecule is CC(C)C[C@H](NC(=O)[C@H](Cc1cn(C(=O)OC2CCCCC2)c2ccccc12)NC(=O)[C@H](C)NC(=O)OCc1ccccc1)C(=O)OCc1ccccc1. The van der Waals surface area contributed by atoms with Crippen LogP contribution >= 0.6 is 0 Å². The van der Waals surface area contributed by atoms with Crippen molar-refractivity contribution >= 4 is 40.9 Å². The second kappa shape index (κ2) is 19.4. The fourth-order valence-electron chi connectivity index (χ4n) is 6.47. The molecule has 3 aromatic carbocycles. The van der Waals surface area contributed by atoms with Crippen LogP contribution in [0, 0.1) is 5.92 Å². The fourth-order valence-corrected chi connectivity index (χ4v) is 6.47. The van der Waals surface area contributed by atoms with Crippen LogP contribution in [0.15, 0.2) is 91.1 Å². The number of aromatic nitrogens is 1. The number of esters is 1. The highest BCUT2D eigenvalue weighted by Gasteiger charge is 2.31. The van der Waals surface area contributed by atoms with E-state index in [0.717, 1.165) is 43.2 Å². The van der Waals surface area contributed by atoms with Crippen molar-refractivity contribution in [2.24, 2.45) is 5.92 Å². The Kier molecular flexibility index (Phi) is 14.2. The van der Waals surface area contributed by atoms with Crippen LogP contribution in [0.5, 0.6) is 0 Å². The van der Waals surface area contributed by atoms with Crippen molar-refractivity contribution in [3.05, 3.63) is 108 Å². The maximum atomic E-state index is 14.2. The van der Waals surface area contributed by atoms with Crippen LogP contribution in [-0.4, -0.2) is 58.8 Å². The normalized spacial score (nSPS) is 14.7. The number of fused-ring (bicyclic) bond motifs is 1. The number of carbonyl (C=O) groups is 5. The lowest BCUT2D eigenvalue weighted by molar-refractivity contribution is -0.149. The van der Waals surface area contributed by atoms with Gasteiger partial charge in [-0.3, -0.25) is 14.2 Å². The molecule has 0 spiro atoms. The minimum atomic E-state index is -1.22. The van der Waals surface area contributed by atoms with E-state index in [9.17, 15) is 24.0 Å². The number of rotatable bonds is 15. The zero-order valence-corrected chi connectivity index (χ0v) is 31.1. The summed E-state index contributed by atoms with van der Waals surface area (Å²) in [6.45, 7) is 5.37. The van der Waals surface area contributed by atoms with E-state index in [0.29, 0.717) is 16.5 Å². The van der Waals surface area contributed by atoms with Crippen molar-refractivity contribution in [1.29, 1.82) is 0 Å². The Balaban J connectivity index is 1.35. The van der Waals surface area contributed by atoms with Gasteiger partial charge in [-0.1, -0.05) is 99.1 Å². The summed E-state index contributed by atoms with van der Waals surface area (Å²) in [5.74, 6) is -1.87. The van der Waals surface area contributed by atoms with Gasteiger partial charge in [0, 0.05) is 18.0 Å². The Morgan fingerprint density at radius 2 is 1.30 bits per heavy atom. The molecule has 0 unspecified atom stereocenters. The molecule has 54 heavy (non-hydrogen) atoms. The van der Waals surface area contributed by atoms with Gasteiger partial charge in [-0.25, -0.2) is 14.4 Å². The van der Waals surface area contributed by atoms with E-state index in [-0.39, 0.29) is 38.1 Å². The fraction of sp³-hybridized carbons (Fsp3) is 0.405. The highest BCUT2D eigenvalue weighted by molar-refractivity contribution is 5.95. The molecule has 0 bridgehead atoms. The first-order chi connectivity index (χ1) is 26.1. The zero-order valence-electron chi connectivity index (χ0n) is 31.1. The van der Waals surface area contributed by atoms with Gasteiger partial charge in [-0.2, -0.15) is 0 Å². The Morgan fingerprint density at radius 3 is 1.94 bits per heavy atom. The predicted molar refractivity (Wildman–Crippen MR) is 203 cm³/mol. The summed E-state index contributed by atoms with van der Waals surface area (Å²) in [4.78, 5) is 67.1. The van der Waals surface area contributed by atoms with E-state index in [2.05, 4.69) is 16.0 Å². The third-order valence-electron chi connectivity index (χ3n) is 9.34. The minimum absolute atomic E-state index is 0.0108. The molecule has 1 fully saturated rings. The molecule has 1 heterocycles. The molecular weight excluding hydrogens is 688 g/mol. The molecule has 0 radical (unpaired) electrons. The molecule has 4 aromatic rings. The van der Waals surface area contributed by atoms with E-state index in [1.165, 1.54) is 11.5 Å². The van der Waals surface area contributed by atoms with E-state index in [4.69, 9.17) is 14.2 Å². The van der Waals surface area contributed by atoms with Crippen molar-refractivity contribution in [3.8, 4) is 0 Å². The summed E-state index contributed by atoms with van der Waals surface area (Å²) < 4.78 is 18.2. The first-order valence-electron chi connectivity index (χ1n) is 18.7. The second-order valence-electron chi connectivity index (χ2n) is 14.2. The topological polar surface area (TPSA) is 154 Å². The van der Waals surface area contributed by atoms with Crippen LogP contribution < -0.4 is 16.0 Å². The average Bonchev–Trinajstić information content (AvgIpc) is 3.55. The van der Waals surface area contributed by atoms with E-state index in [1.54, 1.807) is 12.3 Å². The molecule has 3 N–H and O–H groups in total. The van der Waals surface area contributed by atoms with Crippen LogP contribution in [0.3, 0.4) is 0 Å². The van der Waals surface area contributed by atoms with Gasteiger partial charge in [0.1, 0.15) is 37.4 Å². The summed E-state index contributed by atoms with van der Waals surface area (Å²) in [7, 11) is 0. The molecule has 1 saturated carbocycles. The molecule has 286 valence electrons. The van der Waals surface area contributed by atoms with Crippen LogP contribution in [0.4, 0.5) is 9.59 Å². The van der Waals surface area contributed by atoms with E-state index in [1.807, 2.05) is 92.7 Å². The third-order valence-corrected chi connectivity index (χ3v) is 9.34. The second-order valence-corrected chi connectivity index (χ2v) is 14.2. The van der Waals surface area contributed by atoms with Gasteiger partial charge in [-0.05, 0) is 67.7 Å². The molecule has 1 aliphatic rings. The van der Waals surface area contributed by atoms with Crippen molar-refractivity contribution in [3.63, 3.8) is 0 Å². The number of nitrogens with zero attached hydrogens (tertiary/aromatic N) is 1. The largest absolute Gasteiger partial charge is 0.459 e. The number of amides is 3. The van der Waals surface area contributed by atoms with Gasteiger partial charge in [0.15, 0.2) is 0 Å². The predicted octanol–water partition coefficient (Wildman–Crippen LogP) is 6.58. The third kappa shape index (κ3) is 11.4. The Labute approximate surface area is 315 Å². The maximum absolute atomic E-state index is 14.2. The van der Waals surface area contributed by atoms with Gasteiger partial charge in [-0.15, -0.1) is 0 Å². The van der Waals surface area contributed by atoms with E-state index >= 15 is 0 Å². The van der Waals surface area contributed by atoms with Gasteiger partial charge in [0.05, 0.1) is 5.52 Å². The number of alkyl carbamates (subject to hydrolysis) is 1. The molecule has 5 rings (SSSR count). The number of carbonyl (C=O) groups excluding carboxylic acids is 5. The molecule has 3 amide bonds. The first-order valence-corrected chi connectivity index (χ1v) is 18.7. The molecule has 1 aliphatic carbocycles. The Hall–Kier alpha value is -5.65. The van der Waals surface area contributed by atoms with Crippen LogP contribution in [0.1, 0.15) is 76.0 Å². The average molecular weight is 739 g/mol.